The predicted molar refractivity (Wildman–Crippen MR) is 104 cm³/mol. The maximum Gasteiger partial charge on any atom is 0.340 e. The predicted octanol–water partition coefficient (Wildman–Crippen LogP) is 3.23. The molecule has 3 rings (SSSR count). The summed E-state index contributed by atoms with van der Waals surface area (Å²) in [5, 5.41) is 5.50. The van der Waals surface area contributed by atoms with E-state index in [1.54, 1.807) is 55.5 Å². The highest BCUT2D eigenvalue weighted by atomic mass is 16.5. The molecule has 7 nitrogen and oxygen atoms in total. The van der Waals surface area contributed by atoms with Crippen LogP contribution in [0.2, 0.25) is 0 Å². The second-order valence-electron chi connectivity index (χ2n) is 6.29. The maximum atomic E-state index is 12.6. The number of benzene rings is 2. The van der Waals surface area contributed by atoms with Crippen LogP contribution >= 0.6 is 0 Å². The Balaban J connectivity index is 1.71. The molecule has 1 aliphatic heterocycles. The molecular weight excluding hydrogens is 360 g/mol. The van der Waals surface area contributed by atoms with E-state index in [0.717, 1.165) is 6.42 Å². The average molecular weight is 382 g/mol. The molecule has 0 spiro atoms. The lowest BCUT2D eigenvalue weighted by atomic mass is 10.1. The highest BCUT2D eigenvalue weighted by Gasteiger charge is 2.23. The van der Waals surface area contributed by atoms with Gasteiger partial charge >= 0.3 is 5.97 Å². The molecule has 0 bridgehead atoms. The van der Waals surface area contributed by atoms with Crippen molar-refractivity contribution in [3.05, 3.63) is 59.7 Å². The SMILES string of the molecule is CCOC(=O)c1ccccc1NC(=O)c1cccc(NC(=O)C2CCCO2)c1. The number of nitrogens with one attached hydrogen (secondary N) is 2. The fraction of sp³-hybridized carbons (Fsp3) is 0.286. The van der Waals surface area contributed by atoms with E-state index in [9.17, 15) is 14.4 Å². The normalized spacial score (nSPS) is 15.7. The topological polar surface area (TPSA) is 93.7 Å². The standard InChI is InChI=1S/C21H22N2O5/c1-2-27-21(26)16-9-3-4-10-17(16)23-19(24)14-7-5-8-15(13-14)22-20(25)18-11-6-12-28-18/h3-5,7-10,13,18H,2,6,11-12H2,1H3,(H,22,25)(H,23,24). The van der Waals surface area contributed by atoms with Gasteiger partial charge in [0.2, 0.25) is 0 Å². The molecule has 1 atom stereocenters. The smallest absolute Gasteiger partial charge is 0.340 e. The largest absolute Gasteiger partial charge is 0.462 e. The minimum Gasteiger partial charge on any atom is -0.462 e. The van der Waals surface area contributed by atoms with Crippen molar-refractivity contribution < 1.29 is 23.9 Å². The Labute approximate surface area is 163 Å². The Morgan fingerprint density at radius 3 is 2.68 bits per heavy atom. The summed E-state index contributed by atoms with van der Waals surface area (Å²) in [7, 11) is 0. The lowest BCUT2D eigenvalue weighted by molar-refractivity contribution is -0.124. The minimum absolute atomic E-state index is 0.220. The maximum absolute atomic E-state index is 12.6. The van der Waals surface area contributed by atoms with Crippen molar-refractivity contribution >= 4 is 29.2 Å². The van der Waals surface area contributed by atoms with Gasteiger partial charge in [0, 0.05) is 17.9 Å². The molecule has 1 saturated heterocycles. The van der Waals surface area contributed by atoms with Crippen molar-refractivity contribution in [2.24, 2.45) is 0 Å². The van der Waals surface area contributed by atoms with Crippen molar-refractivity contribution in [3.63, 3.8) is 0 Å². The van der Waals surface area contributed by atoms with E-state index >= 15 is 0 Å². The fourth-order valence-corrected chi connectivity index (χ4v) is 2.92. The van der Waals surface area contributed by atoms with Crippen LogP contribution in [0.3, 0.4) is 0 Å². The van der Waals surface area contributed by atoms with Crippen LogP contribution in [0.4, 0.5) is 11.4 Å². The Bertz CT molecular complexity index is 875. The third-order valence-electron chi connectivity index (χ3n) is 4.29. The van der Waals surface area contributed by atoms with Crippen LogP contribution in [-0.2, 0) is 14.3 Å². The number of carbonyl (C=O) groups excluding carboxylic acids is 3. The van der Waals surface area contributed by atoms with Crippen LogP contribution < -0.4 is 10.6 Å². The number of anilines is 2. The van der Waals surface area contributed by atoms with Gasteiger partial charge in [0.05, 0.1) is 17.9 Å². The van der Waals surface area contributed by atoms with E-state index in [-0.39, 0.29) is 18.1 Å². The molecule has 0 aromatic heterocycles. The van der Waals surface area contributed by atoms with Crippen LogP contribution in [-0.4, -0.2) is 37.1 Å². The molecule has 28 heavy (non-hydrogen) atoms. The Morgan fingerprint density at radius 2 is 1.93 bits per heavy atom. The number of para-hydroxylation sites is 1. The molecule has 146 valence electrons. The number of amides is 2. The molecule has 1 unspecified atom stereocenters. The number of ether oxygens (including phenoxy) is 2. The number of carbonyl (C=O) groups is 3. The number of hydrogen-bond acceptors (Lipinski definition) is 5. The molecular formula is C21H22N2O5. The van der Waals surface area contributed by atoms with Crippen molar-refractivity contribution in [2.75, 3.05) is 23.8 Å². The highest BCUT2D eigenvalue weighted by Crippen LogP contribution is 2.20. The summed E-state index contributed by atoms with van der Waals surface area (Å²) in [4.78, 5) is 36.9. The highest BCUT2D eigenvalue weighted by molar-refractivity contribution is 6.08. The van der Waals surface area contributed by atoms with Gasteiger partial charge in [0.25, 0.3) is 11.8 Å². The quantitative estimate of drug-likeness (QED) is 0.748. The molecule has 0 aliphatic carbocycles. The summed E-state index contributed by atoms with van der Waals surface area (Å²) in [5.74, 6) is -1.12. The lowest BCUT2D eigenvalue weighted by Crippen LogP contribution is -2.27. The second-order valence-corrected chi connectivity index (χ2v) is 6.29. The third-order valence-corrected chi connectivity index (χ3v) is 4.29. The summed E-state index contributed by atoms with van der Waals surface area (Å²) in [6.45, 7) is 2.55. The number of esters is 1. The van der Waals surface area contributed by atoms with Crippen molar-refractivity contribution in [1.82, 2.24) is 0 Å². The summed E-state index contributed by atoms with van der Waals surface area (Å²) in [6.07, 6.45) is 1.10. The molecule has 2 amide bonds. The lowest BCUT2D eigenvalue weighted by Gasteiger charge is -2.12. The first-order chi connectivity index (χ1) is 13.6. The number of hydrogen-bond donors (Lipinski definition) is 2. The average Bonchev–Trinajstić information content (AvgIpc) is 3.24. The molecule has 1 aliphatic rings. The van der Waals surface area contributed by atoms with Gasteiger partial charge < -0.3 is 20.1 Å². The van der Waals surface area contributed by atoms with Crippen molar-refractivity contribution in [3.8, 4) is 0 Å². The van der Waals surface area contributed by atoms with Gasteiger partial charge in [-0.05, 0) is 50.1 Å². The fourth-order valence-electron chi connectivity index (χ4n) is 2.92. The van der Waals surface area contributed by atoms with E-state index in [1.165, 1.54) is 0 Å². The van der Waals surface area contributed by atoms with E-state index in [2.05, 4.69) is 10.6 Å². The molecule has 2 aromatic rings. The van der Waals surface area contributed by atoms with Gasteiger partial charge in [0.15, 0.2) is 0 Å². The first kappa shape index (κ1) is 19.6. The van der Waals surface area contributed by atoms with Crippen LogP contribution in [0.1, 0.15) is 40.5 Å². The van der Waals surface area contributed by atoms with Crippen LogP contribution in [0.5, 0.6) is 0 Å². The van der Waals surface area contributed by atoms with Crippen LogP contribution in [0.15, 0.2) is 48.5 Å². The van der Waals surface area contributed by atoms with Crippen molar-refractivity contribution in [1.29, 1.82) is 0 Å². The minimum atomic E-state index is -0.504. The third kappa shape index (κ3) is 4.75. The van der Waals surface area contributed by atoms with Gasteiger partial charge in [0.1, 0.15) is 6.10 Å². The van der Waals surface area contributed by atoms with Crippen LogP contribution in [0, 0.1) is 0 Å². The molecule has 1 fully saturated rings. The first-order valence-electron chi connectivity index (χ1n) is 9.18. The molecule has 1 heterocycles. The summed E-state index contributed by atoms with van der Waals surface area (Å²) >= 11 is 0. The van der Waals surface area contributed by atoms with E-state index in [1.807, 2.05) is 0 Å². The second kappa shape index (κ2) is 9.14. The molecule has 0 saturated carbocycles. The van der Waals surface area contributed by atoms with Gasteiger partial charge in [-0.25, -0.2) is 4.79 Å². The van der Waals surface area contributed by atoms with Crippen molar-refractivity contribution in [2.45, 2.75) is 25.9 Å². The van der Waals surface area contributed by atoms with Crippen LogP contribution in [0.25, 0.3) is 0 Å². The molecule has 2 aromatic carbocycles. The van der Waals surface area contributed by atoms with E-state index < -0.39 is 18.0 Å². The Kier molecular flexibility index (Phi) is 6.39. The molecule has 2 N–H and O–H groups in total. The molecule has 7 heteroatoms. The van der Waals surface area contributed by atoms with Gasteiger partial charge in [-0.2, -0.15) is 0 Å². The van der Waals surface area contributed by atoms with Gasteiger partial charge in [-0.1, -0.05) is 18.2 Å². The summed E-state index contributed by atoms with van der Waals surface area (Å²) in [6, 6.07) is 13.2. The Morgan fingerprint density at radius 1 is 1.11 bits per heavy atom. The van der Waals surface area contributed by atoms with E-state index in [4.69, 9.17) is 9.47 Å². The first-order valence-corrected chi connectivity index (χ1v) is 9.18. The zero-order chi connectivity index (χ0) is 19.9. The molecule has 0 radical (unpaired) electrons. The summed E-state index contributed by atoms with van der Waals surface area (Å²) in [5.41, 5.74) is 1.50. The monoisotopic (exact) mass is 382 g/mol. The van der Waals surface area contributed by atoms with Gasteiger partial charge in [-0.3, -0.25) is 9.59 Å². The zero-order valence-electron chi connectivity index (χ0n) is 15.6. The summed E-state index contributed by atoms with van der Waals surface area (Å²) < 4.78 is 10.4. The van der Waals surface area contributed by atoms with Gasteiger partial charge in [-0.15, -0.1) is 0 Å². The Hall–Kier alpha value is -3.19. The number of rotatable bonds is 6. The zero-order valence-corrected chi connectivity index (χ0v) is 15.6. The van der Waals surface area contributed by atoms with E-state index in [0.29, 0.717) is 30.0 Å².